The molecule has 1 aliphatic carbocycles. The Balaban J connectivity index is 1.26. The third-order valence-corrected chi connectivity index (χ3v) is 5.91. The number of aromatic amines is 1. The van der Waals surface area contributed by atoms with Crippen molar-refractivity contribution >= 4 is 22.2 Å². The van der Waals surface area contributed by atoms with E-state index in [9.17, 15) is 4.39 Å². The predicted octanol–water partition coefficient (Wildman–Crippen LogP) is 4.00. The summed E-state index contributed by atoms with van der Waals surface area (Å²) in [5, 5.41) is 22.1. The lowest BCUT2D eigenvalue weighted by atomic mass is 9.80. The maximum atomic E-state index is 13.5. The topological polar surface area (TPSA) is 94.7 Å². The SMILES string of the molecule is N#Cc1cc(NCC2CCC(c3nnn4cnc5[nH]ccc5c34)CC2)ccc1F. The van der Waals surface area contributed by atoms with E-state index in [0.29, 0.717) is 11.8 Å². The summed E-state index contributed by atoms with van der Waals surface area (Å²) in [6.07, 6.45) is 7.89. The molecule has 5 rings (SSSR count). The Kier molecular flexibility index (Phi) is 4.35. The van der Waals surface area contributed by atoms with Crippen molar-refractivity contribution in [3.63, 3.8) is 0 Å². The number of nitriles is 1. The van der Waals surface area contributed by atoms with Crippen LogP contribution < -0.4 is 5.32 Å². The summed E-state index contributed by atoms with van der Waals surface area (Å²) in [5.74, 6) is 0.448. The van der Waals surface area contributed by atoms with Gasteiger partial charge in [0.2, 0.25) is 0 Å². The summed E-state index contributed by atoms with van der Waals surface area (Å²) in [6.45, 7) is 0.817. The van der Waals surface area contributed by atoms with Crippen LogP contribution in [0.15, 0.2) is 36.8 Å². The number of nitrogens with zero attached hydrogens (tertiary/aromatic N) is 5. The van der Waals surface area contributed by atoms with Crippen LogP contribution in [0.3, 0.4) is 0 Å². The molecule has 0 bridgehead atoms. The zero-order valence-electron chi connectivity index (χ0n) is 15.8. The van der Waals surface area contributed by atoms with Crippen LogP contribution in [0, 0.1) is 23.1 Å². The molecular formula is C21H20FN7. The Morgan fingerprint density at radius 2 is 2.10 bits per heavy atom. The molecular weight excluding hydrogens is 369 g/mol. The molecule has 0 unspecified atom stereocenters. The first-order valence-corrected chi connectivity index (χ1v) is 9.83. The summed E-state index contributed by atoms with van der Waals surface area (Å²) in [4.78, 5) is 7.51. The Morgan fingerprint density at radius 1 is 1.24 bits per heavy atom. The van der Waals surface area contributed by atoms with E-state index in [1.54, 1.807) is 23.0 Å². The highest BCUT2D eigenvalue weighted by atomic mass is 19.1. The molecule has 0 aliphatic heterocycles. The van der Waals surface area contributed by atoms with E-state index in [-0.39, 0.29) is 5.56 Å². The van der Waals surface area contributed by atoms with Gasteiger partial charge in [-0.3, -0.25) is 0 Å². The van der Waals surface area contributed by atoms with Crippen molar-refractivity contribution in [3.05, 3.63) is 53.9 Å². The van der Waals surface area contributed by atoms with Crippen molar-refractivity contribution in [1.29, 1.82) is 5.26 Å². The molecule has 4 aromatic rings. The highest BCUT2D eigenvalue weighted by molar-refractivity contribution is 5.92. The highest BCUT2D eigenvalue weighted by Gasteiger charge is 2.26. The molecule has 0 saturated heterocycles. The third kappa shape index (κ3) is 3.18. The summed E-state index contributed by atoms with van der Waals surface area (Å²) in [7, 11) is 0. The van der Waals surface area contributed by atoms with E-state index in [1.807, 2.05) is 18.3 Å². The van der Waals surface area contributed by atoms with Gasteiger partial charge >= 0.3 is 0 Å². The fourth-order valence-corrected chi connectivity index (χ4v) is 4.32. The quantitative estimate of drug-likeness (QED) is 0.550. The van der Waals surface area contributed by atoms with Crippen molar-refractivity contribution in [2.45, 2.75) is 31.6 Å². The number of halogens is 1. The Hall–Kier alpha value is -3.47. The van der Waals surface area contributed by atoms with Crippen LogP contribution >= 0.6 is 0 Å². The number of nitrogens with one attached hydrogen (secondary N) is 2. The molecule has 29 heavy (non-hydrogen) atoms. The van der Waals surface area contributed by atoms with Crippen LogP contribution in [-0.2, 0) is 0 Å². The van der Waals surface area contributed by atoms with Gasteiger partial charge in [-0.1, -0.05) is 5.21 Å². The number of anilines is 1. The second kappa shape index (κ2) is 7.17. The number of hydrogen-bond acceptors (Lipinski definition) is 5. The van der Waals surface area contributed by atoms with Crippen LogP contribution in [0.5, 0.6) is 0 Å². The minimum Gasteiger partial charge on any atom is -0.385 e. The van der Waals surface area contributed by atoms with Gasteiger partial charge in [0, 0.05) is 29.7 Å². The molecule has 0 amide bonds. The van der Waals surface area contributed by atoms with E-state index in [0.717, 1.165) is 60.2 Å². The number of fused-ring (bicyclic) bond motifs is 3. The molecule has 1 aromatic carbocycles. The molecule has 1 aliphatic rings. The Labute approximate surface area is 166 Å². The Morgan fingerprint density at radius 3 is 2.93 bits per heavy atom. The molecule has 0 spiro atoms. The highest BCUT2D eigenvalue weighted by Crippen LogP contribution is 2.37. The lowest BCUT2D eigenvalue weighted by molar-refractivity contribution is 0.336. The molecule has 3 heterocycles. The van der Waals surface area contributed by atoms with Gasteiger partial charge in [0.05, 0.1) is 11.3 Å². The smallest absolute Gasteiger partial charge is 0.141 e. The average molecular weight is 389 g/mol. The van der Waals surface area contributed by atoms with E-state index < -0.39 is 5.82 Å². The predicted molar refractivity (Wildman–Crippen MR) is 107 cm³/mol. The van der Waals surface area contributed by atoms with Gasteiger partial charge in [-0.2, -0.15) is 5.26 Å². The van der Waals surface area contributed by atoms with Crippen LogP contribution in [0.25, 0.3) is 16.6 Å². The fourth-order valence-electron chi connectivity index (χ4n) is 4.32. The maximum Gasteiger partial charge on any atom is 0.141 e. The number of aromatic nitrogens is 5. The van der Waals surface area contributed by atoms with Crippen molar-refractivity contribution < 1.29 is 4.39 Å². The van der Waals surface area contributed by atoms with Crippen molar-refractivity contribution in [2.24, 2.45) is 5.92 Å². The first kappa shape index (κ1) is 17.6. The van der Waals surface area contributed by atoms with E-state index in [1.165, 1.54) is 6.07 Å². The van der Waals surface area contributed by atoms with Crippen LogP contribution in [0.4, 0.5) is 10.1 Å². The lowest BCUT2D eigenvalue weighted by Crippen LogP contribution is -2.21. The molecule has 0 atom stereocenters. The molecule has 1 fully saturated rings. The lowest BCUT2D eigenvalue weighted by Gasteiger charge is -2.28. The first-order valence-electron chi connectivity index (χ1n) is 9.83. The average Bonchev–Trinajstić information content (AvgIpc) is 3.40. The summed E-state index contributed by atoms with van der Waals surface area (Å²) < 4.78 is 15.2. The monoisotopic (exact) mass is 389 g/mol. The minimum atomic E-state index is -0.480. The zero-order chi connectivity index (χ0) is 19.8. The second-order valence-corrected chi connectivity index (χ2v) is 7.66. The maximum absolute atomic E-state index is 13.5. The van der Waals surface area contributed by atoms with Crippen molar-refractivity contribution in [3.8, 4) is 6.07 Å². The van der Waals surface area contributed by atoms with E-state index in [2.05, 4.69) is 25.6 Å². The van der Waals surface area contributed by atoms with Gasteiger partial charge in [-0.05, 0) is 55.9 Å². The Bertz CT molecular complexity index is 1210. The van der Waals surface area contributed by atoms with Crippen molar-refractivity contribution in [2.75, 3.05) is 11.9 Å². The van der Waals surface area contributed by atoms with Gasteiger partial charge in [-0.25, -0.2) is 13.9 Å². The van der Waals surface area contributed by atoms with E-state index >= 15 is 0 Å². The van der Waals surface area contributed by atoms with Crippen LogP contribution in [-0.4, -0.2) is 31.3 Å². The molecule has 0 radical (unpaired) electrons. The zero-order valence-corrected chi connectivity index (χ0v) is 15.8. The van der Waals surface area contributed by atoms with E-state index in [4.69, 9.17) is 5.26 Å². The summed E-state index contributed by atoms with van der Waals surface area (Å²) >= 11 is 0. The van der Waals surface area contributed by atoms with Gasteiger partial charge in [0.15, 0.2) is 0 Å². The van der Waals surface area contributed by atoms with Gasteiger partial charge in [-0.15, -0.1) is 5.10 Å². The third-order valence-electron chi connectivity index (χ3n) is 5.91. The van der Waals surface area contributed by atoms with Crippen LogP contribution in [0.2, 0.25) is 0 Å². The van der Waals surface area contributed by atoms with Gasteiger partial charge in [0.1, 0.15) is 29.4 Å². The van der Waals surface area contributed by atoms with Gasteiger partial charge < -0.3 is 10.3 Å². The standard InChI is InChI=1S/C21H20FN7/c22-18-6-5-16(9-15(18)10-23)25-11-13-1-3-14(4-2-13)19-20-17-7-8-24-21(17)26-12-29(20)28-27-19/h5-9,12-14,24-25H,1-4,11H2. The van der Waals surface area contributed by atoms with Crippen LogP contribution in [0.1, 0.15) is 42.9 Å². The second-order valence-electron chi connectivity index (χ2n) is 7.66. The summed E-state index contributed by atoms with van der Waals surface area (Å²) in [5.41, 5.74) is 3.82. The number of rotatable bonds is 4. The largest absolute Gasteiger partial charge is 0.385 e. The molecule has 3 aromatic heterocycles. The fraction of sp³-hybridized carbons (Fsp3) is 0.333. The molecule has 8 heteroatoms. The van der Waals surface area contributed by atoms with Gasteiger partial charge in [0.25, 0.3) is 0 Å². The minimum absolute atomic E-state index is 0.0726. The summed E-state index contributed by atoms with van der Waals surface area (Å²) in [6, 6.07) is 8.50. The number of H-pyrrole nitrogens is 1. The molecule has 7 nitrogen and oxygen atoms in total. The first-order chi connectivity index (χ1) is 14.2. The van der Waals surface area contributed by atoms with Crippen molar-refractivity contribution in [1.82, 2.24) is 24.8 Å². The molecule has 2 N–H and O–H groups in total. The normalized spacial score (nSPS) is 19.4. The molecule has 146 valence electrons. The molecule has 1 saturated carbocycles. The number of benzene rings is 1. The number of hydrogen-bond donors (Lipinski definition) is 2.